The number of ether oxygens (including phenoxy) is 1. The second-order valence-electron chi connectivity index (χ2n) is 9.92. The molecule has 2 N–H and O–H groups in total. The van der Waals surface area contributed by atoms with Crippen molar-refractivity contribution in [2.24, 2.45) is 18.9 Å². The van der Waals surface area contributed by atoms with Crippen molar-refractivity contribution in [3.05, 3.63) is 53.9 Å². The second kappa shape index (κ2) is 11.5. The van der Waals surface area contributed by atoms with E-state index in [4.69, 9.17) is 4.74 Å². The number of carbonyl (C=O) groups is 1. The number of nitrogens with zero attached hydrogens (tertiary/aromatic N) is 2. The average Bonchev–Trinajstić information content (AvgIpc) is 3.27. The monoisotopic (exact) mass is 567 g/mol. The summed E-state index contributed by atoms with van der Waals surface area (Å²) >= 11 is 0. The molecule has 1 aliphatic rings. The number of aliphatic hydroxyl groups excluding tert-OH is 1. The van der Waals surface area contributed by atoms with Crippen LogP contribution < -0.4 is 10.1 Å². The number of alkyl halides is 3. The van der Waals surface area contributed by atoms with Gasteiger partial charge in [-0.3, -0.25) is 4.79 Å². The Labute approximate surface area is 225 Å². The zero-order valence-electron chi connectivity index (χ0n) is 21.7. The predicted octanol–water partition coefficient (Wildman–Crippen LogP) is 4.58. The molecule has 1 aromatic carbocycles. The third kappa shape index (κ3) is 6.38. The highest BCUT2D eigenvalue weighted by atomic mass is 32.2. The molecule has 12 heteroatoms. The maximum absolute atomic E-state index is 13.2. The zero-order chi connectivity index (χ0) is 28.4. The zero-order valence-corrected chi connectivity index (χ0v) is 22.6. The molecule has 2 heterocycles. The lowest BCUT2D eigenvalue weighted by molar-refractivity contribution is -0.184. The van der Waals surface area contributed by atoms with Crippen molar-refractivity contribution in [3.63, 3.8) is 0 Å². The molecule has 3 aromatic rings. The van der Waals surface area contributed by atoms with Crippen LogP contribution in [-0.2, 0) is 16.9 Å². The number of benzene rings is 1. The summed E-state index contributed by atoms with van der Waals surface area (Å²) < 4.78 is 70.7. The largest absolute Gasteiger partial charge is 0.476 e. The summed E-state index contributed by atoms with van der Waals surface area (Å²) in [6.45, 7) is 1.39. The van der Waals surface area contributed by atoms with Gasteiger partial charge in [0.25, 0.3) is 5.91 Å². The average molecular weight is 568 g/mol. The summed E-state index contributed by atoms with van der Waals surface area (Å²) in [6, 6.07) is 6.92. The van der Waals surface area contributed by atoms with E-state index >= 15 is 0 Å². The fourth-order valence-electron chi connectivity index (χ4n) is 5.01. The summed E-state index contributed by atoms with van der Waals surface area (Å²) in [7, 11) is -1.64. The van der Waals surface area contributed by atoms with Crippen molar-refractivity contribution in [2.75, 3.05) is 19.0 Å². The third-order valence-corrected chi connectivity index (χ3v) is 9.13. The first-order chi connectivity index (χ1) is 18.4. The molecule has 8 nitrogen and oxygen atoms in total. The molecule has 1 atom stereocenters. The number of aromatic nitrogens is 2. The van der Waals surface area contributed by atoms with E-state index in [-0.39, 0.29) is 36.0 Å². The molecule has 1 aliphatic carbocycles. The molecule has 212 valence electrons. The molecule has 0 bridgehead atoms. The molecule has 4 rings (SSSR count). The predicted molar refractivity (Wildman–Crippen MR) is 139 cm³/mol. The number of pyridine rings is 1. The molecule has 0 unspecified atom stereocenters. The molecule has 0 radical (unpaired) electrons. The van der Waals surface area contributed by atoms with Crippen molar-refractivity contribution >= 4 is 26.6 Å². The number of rotatable bonds is 9. The first-order valence-corrected chi connectivity index (χ1v) is 14.5. The van der Waals surface area contributed by atoms with E-state index in [0.29, 0.717) is 40.8 Å². The Hall–Kier alpha value is -3.12. The Morgan fingerprint density at radius 3 is 2.44 bits per heavy atom. The second-order valence-corrected chi connectivity index (χ2v) is 12.2. The van der Waals surface area contributed by atoms with Gasteiger partial charge in [-0.05, 0) is 55.4 Å². The Morgan fingerprint density at radius 2 is 1.85 bits per heavy atom. The summed E-state index contributed by atoms with van der Waals surface area (Å²) in [4.78, 5) is 17.7. The topological polar surface area (TPSA) is 111 Å². The number of aliphatic hydroxyl groups is 1. The van der Waals surface area contributed by atoms with Crippen LogP contribution in [0.1, 0.15) is 54.6 Å². The van der Waals surface area contributed by atoms with Crippen LogP contribution in [-0.4, -0.2) is 54.1 Å². The molecule has 0 spiro atoms. The van der Waals surface area contributed by atoms with E-state index in [0.717, 1.165) is 0 Å². The van der Waals surface area contributed by atoms with Crippen molar-refractivity contribution in [1.82, 2.24) is 14.9 Å². The highest BCUT2D eigenvalue weighted by Gasteiger charge is 2.41. The van der Waals surface area contributed by atoms with E-state index in [1.807, 2.05) is 0 Å². The van der Waals surface area contributed by atoms with E-state index in [2.05, 4.69) is 10.3 Å². The minimum atomic E-state index is -4.16. The fraction of sp³-hybridized carbons (Fsp3) is 0.481. The Kier molecular flexibility index (Phi) is 8.55. The van der Waals surface area contributed by atoms with Crippen LogP contribution in [0.5, 0.6) is 5.88 Å². The van der Waals surface area contributed by atoms with Crippen LogP contribution in [0.3, 0.4) is 0 Å². The Morgan fingerprint density at radius 1 is 1.18 bits per heavy atom. The molecule has 0 aliphatic heterocycles. The van der Waals surface area contributed by atoms with Crippen LogP contribution in [0.15, 0.2) is 47.6 Å². The molecular formula is C27H32F3N3O5S. The molecule has 1 saturated carbocycles. The molecular weight excluding hydrogens is 535 g/mol. The lowest BCUT2D eigenvalue weighted by Crippen LogP contribution is -2.30. The lowest BCUT2D eigenvalue weighted by atomic mass is 9.82. The highest BCUT2D eigenvalue weighted by Crippen LogP contribution is 2.40. The highest BCUT2D eigenvalue weighted by molar-refractivity contribution is 7.91. The minimum Gasteiger partial charge on any atom is -0.476 e. The molecule has 39 heavy (non-hydrogen) atoms. The fourth-order valence-corrected chi connectivity index (χ4v) is 5.89. The van der Waals surface area contributed by atoms with Crippen molar-refractivity contribution < 1.29 is 36.2 Å². The molecule has 1 amide bonds. The Bertz CT molecular complexity index is 1410. The van der Waals surface area contributed by atoms with Crippen LogP contribution >= 0.6 is 0 Å². The van der Waals surface area contributed by atoms with Gasteiger partial charge in [-0.25, -0.2) is 13.4 Å². The number of halogens is 3. The summed E-state index contributed by atoms with van der Waals surface area (Å²) in [5, 5.41) is 13.3. The van der Waals surface area contributed by atoms with Gasteiger partial charge >= 0.3 is 6.18 Å². The number of carbonyl (C=O) groups excluding carboxylic acids is 1. The van der Waals surface area contributed by atoms with Crippen LogP contribution in [0.25, 0.3) is 10.9 Å². The first kappa shape index (κ1) is 28.9. The number of fused-ring (bicyclic) bond motifs is 1. The number of hydrogen-bond acceptors (Lipinski definition) is 6. The normalized spacial score (nSPS) is 19.1. The van der Waals surface area contributed by atoms with Gasteiger partial charge in [0.1, 0.15) is 5.52 Å². The van der Waals surface area contributed by atoms with Gasteiger partial charge in [-0.1, -0.05) is 19.1 Å². The van der Waals surface area contributed by atoms with Crippen LogP contribution in [0, 0.1) is 11.8 Å². The molecule has 2 aromatic heterocycles. The third-order valence-electron chi connectivity index (χ3n) is 7.38. The summed E-state index contributed by atoms with van der Waals surface area (Å²) in [5.74, 6) is -1.46. The van der Waals surface area contributed by atoms with E-state index < -0.39 is 40.5 Å². The number of hydrogen-bond donors (Lipinski definition) is 2. The van der Waals surface area contributed by atoms with Crippen molar-refractivity contribution in [3.8, 4) is 5.88 Å². The van der Waals surface area contributed by atoms with Gasteiger partial charge in [0, 0.05) is 24.8 Å². The van der Waals surface area contributed by atoms with Crippen LogP contribution in [0.2, 0.25) is 0 Å². The smallest absolute Gasteiger partial charge is 0.391 e. The van der Waals surface area contributed by atoms with Gasteiger partial charge in [0.05, 0.1) is 41.4 Å². The summed E-state index contributed by atoms with van der Waals surface area (Å²) in [6.07, 6.45) is -0.00365. The number of nitrogens with one attached hydrogen (secondary N) is 1. The van der Waals surface area contributed by atoms with Crippen LogP contribution in [0.4, 0.5) is 13.2 Å². The van der Waals surface area contributed by atoms with Gasteiger partial charge in [-0.15, -0.1) is 0 Å². The SMILES string of the molecule is CCS(=O)(=O)c1ccc([C@H](CO)NC(=O)c2cn(C)c3c(OCC4CCC(C(F)(F)F)CC4)nccc23)cc1. The maximum Gasteiger partial charge on any atom is 0.391 e. The Balaban J connectivity index is 1.47. The van der Waals surface area contributed by atoms with Gasteiger partial charge < -0.3 is 19.7 Å². The van der Waals surface area contributed by atoms with E-state index in [1.54, 1.807) is 42.9 Å². The first-order valence-electron chi connectivity index (χ1n) is 12.8. The molecule has 0 saturated heterocycles. The summed E-state index contributed by atoms with van der Waals surface area (Å²) in [5.41, 5.74) is 1.45. The number of amides is 1. The minimum absolute atomic E-state index is 0.00675. The van der Waals surface area contributed by atoms with Crippen molar-refractivity contribution in [2.45, 2.75) is 49.7 Å². The number of aryl methyl sites for hydroxylation is 1. The molecule has 1 fully saturated rings. The number of sulfone groups is 1. The van der Waals surface area contributed by atoms with Crippen molar-refractivity contribution in [1.29, 1.82) is 0 Å². The maximum atomic E-state index is 13.2. The standard InChI is InChI=1S/C27H32F3N3O5S/c1-3-39(36,37)20-10-6-18(7-11-20)23(15-34)32-25(35)22-14-33(2)24-21(22)12-13-31-26(24)38-16-17-4-8-19(9-5-17)27(28,29)30/h6-7,10-14,17,19,23,34H,3-5,8-9,15-16H2,1-2H3,(H,32,35)/t17?,19?,23-/m0/s1. The lowest BCUT2D eigenvalue weighted by Gasteiger charge is -2.29. The quantitative estimate of drug-likeness (QED) is 0.392. The van der Waals surface area contributed by atoms with Gasteiger partial charge in [0.2, 0.25) is 5.88 Å². The van der Waals surface area contributed by atoms with E-state index in [9.17, 15) is 31.5 Å². The van der Waals surface area contributed by atoms with Gasteiger partial charge in [-0.2, -0.15) is 13.2 Å². The van der Waals surface area contributed by atoms with E-state index in [1.165, 1.54) is 18.3 Å². The van der Waals surface area contributed by atoms with Gasteiger partial charge in [0.15, 0.2) is 9.84 Å².